The van der Waals surface area contributed by atoms with Crippen LogP contribution >= 0.6 is 11.3 Å². The lowest BCUT2D eigenvalue weighted by Gasteiger charge is -1.97. The molecule has 0 fully saturated rings. The summed E-state index contributed by atoms with van der Waals surface area (Å²) in [6.45, 7) is 1.99. The third-order valence-electron chi connectivity index (χ3n) is 1.77. The highest BCUT2D eigenvalue weighted by Crippen LogP contribution is 2.19. The van der Waals surface area contributed by atoms with Crippen molar-refractivity contribution in [1.82, 2.24) is 0 Å². The Kier molecular flexibility index (Phi) is 3.87. The van der Waals surface area contributed by atoms with Crippen molar-refractivity contribution in [2.75, 3.05) is 5.75 Å². The number of aliphatic carboxylic acids is 1. The minimum absolute atomic E-state index is 0.177. The van der Waals surface area contributed by atoms with Gasteiger partial charge in [0, 0.05) is 9.75 Å². The second-order valence-corrected chi connectivity index (χ2v) is 6.46. The maximum Gasteiger partial charge on any atom is 0.318 e. The van der Waals surface area contributed by atoms with Crippen molar-refractivity contribution in [3.8, 4) is 0 Å². The lowest BCUT2D eigenvalue weighted by atomic mass is 10.4. The molecule has 1 heterocycles. The number of carboxylic acids is 1. The number of rotatable bonds is 5. The summed E-state index contributed by atoms with van der Waals surface area (Å²) in [7, 11) is -3.52. The van der Waals surface area contributed by atoms with Crippen LogP contribution in [0.3, 0.4) is 0 Å². The molecular weight excluding hydrogens is 236 g/mol. The van der Waals surface area contributed by atoms with Crippen molar-refractivity contribution < 1.29 is 18.3 Å². The van der Waals surface area contributed by atoms with Gasteiger partial charge in [-0.1, -0.05) is 6.92 Å². The Labute approximate surface area is 92.5 Å². The number of hydrogen-bond donors (Lipinski definition) is 1. The summed E-state index contributed by atoms with van der Waals surface area (Å²) in [5.41, 5.74) is 0. The van der Waals surface area contributed by atoms with Crippen LogP contribution < -0.4 is 0 Å². The van der Waals surface area contributed by atoms with E-state index in [1.165, 1.54) is 11.3 Å². The Morgan fingerprint density at radius 2 is 2.00 bits per heavy atom. The molecule has 1 aromatic rings. The third-order valence-corrected chi connectivity index (χ3v) is 4.62. The molecule has 0 radical (unpaired) electrons. The molecule has 0 aliphatic heterocycles. The van der Waals surface area contributed by atoms with Crippen molar-refractivity contribution in [2.24, 2.45) is 0 Å². The summed E-state index contributed by atoms with van der Waals surface area (Å²) >= 11 is 1.41. The Hall–Kier alpha value is -0.880. The second-order valence-electron chi connectivity index (χ2n) is 3.15. The zero-order chi connectivity index (χ0) is 11.5. The fraction of sp³-hybridized carbons (Fsp3) is 0.444. The quantitative estimate of drug-likeness (QED) is 0.852. The first kappa shape index (κ1) is 12.2. The van der Waals surface area contributed by atoms with Crippen LogP contribution in [0.4, 0.5) is 0 Å². The SMILES string of the molecule is CCc1ccc(CS(=O)(=O)CC(=O)O)s1. The van der Waals surface area contributed by atoms with Gasteiger partial charge in [-0.25, -0.2) is 8.42 Å². The summed E-state index contributed by atoms with van der Waals surface area (Å²) in [5.74, 6) is -2.28. The van der Waals surface area contributed by atoms with Crippen LogP contribution in [0.2, 0.25) is 0 Å². The molecule has 0 amide bonds. The molecule has 4 nitrogen and oxygen atoms in total. The molecule has 0 saturated heterocycles. The first-order chi connectivity index (χ1) is 6.93. The zero-order valence-corrected chi connectivity index (χ0v) is 9.90. The van der Waals surface area contributed by atoms with E-state index in [0.29, 0.717) is 4.88 Å². The molecule has 0 aliphatic rings. The molecular formula is C9H12O4S2. The van der Waals surface area contributed by atoms with Crippen molar-refractivity contribution in [3.05, 3.63) is 21.9 Å². The molecule has 6 heteroatoms. The number of aryl methyl sites for hydroxylation is 1. The maximum atomic E-state index is 11.3. The van der Waals surface area contributed by atoms with Crippen molar-refractivity contribution in [2.45, 2.75) is 19.1 Å². The summed E-state index contributed by atoms with van der Waals surface area (Å²) in [5, 5.41) is 8.40. The average Bonchev–Trinajstić information content (AvgIpc) is 2.48. The van der Waals surface area contributed by atoms with Crippen LogP contribution in [0, 0.1) is 0 Å². The number of sulfone groups is 1. The van der Waals surface area contributed by atoms with Gasteiger partial charge in [-0.3, -0.25) is 4.79 Å². The average molecular weight is 248 g/mol. The number of thiophene rings is 1. The molecule has 15 heavy (non-hydrogen) atoms. The molecule has 0 aromatic carbocycles. The summed E-state index contributed by atoms with van der Waals surface area (Å²) in [6.07, 6.45) is 0.865. The smallest absolute Gasteiger partial charge is 0.318 e. The Morgan fingerprint density at radius 3 is 2.47 bits per heavy atom. The van der Waals surface area contributed by atoms with Gasteiger partial charge >= 0.3 is 5.97 Å². The number of carbonyl (C=O) groups is 1. The van der Waals surface area contributed by atoms with Crippen LogP contribution in [-0.2, 0) is 26.8 Å². The van der Waals surface area contributed by atoms with E-state index in [2.05, 4.69) is 0 Å². The molecule has 1 rings (SSSR count). The Bertz CT molecular complexity index is 444. The van der Waals surface area contributed by atoms with Crippen LogP contribution in [-0.4, -0.2) is 25.2 Å². The zero-order valence-electron chi connectivity index (χ0n) is 8.26. The topological polar surface area (TPSA) is 71.4 Å². The van der Waals surface area contributed by atoms with E-state index in [0.717, 1.165) is 11.3 Å². The summed E-state index contributed by atoms with van der Waals surface area (Å²) in [4.78, 5) is 12.1. The van der Waals surface area contributed by atoms with E-state index in [-0.39, 0.29) is 5.75 Å². The van der Waals surface area contributed by atoms with Gasteiger partial charge < -0.3 is 5.11 Å². The van der Waals surface area contributed by atoms with Crippen molar-refractivity contribution in [3.63, 3.8) is 0 Å². The van der Waals surface area contributed by atoms with E-state index in [1.54, 1.807) is 6.07 Å². The minimum atomic E-state index is -3.52. The first-order valence-corrected chi connectivity index (χ1v) is 7.06. The third kappa shape index (κ3) is 4.01. The molecule has 0 bridgehead atoms. The van der Waals surface area contributed by atoms with Crippen LogP contribution in [0.5, 0.6) is 0 Å². The standard InChI is InChI=1S/C9H12O4S2/c1-2-7-3-4-8(14-7)5-15(12,13)6-9(10)11/h3-4H,2,5-6H2,1H3,(H,10,11). The van der Waals surface area contributed by atoms with Gasteiger partial charge in [-0.2, -0.15) is 0 Å². The molecule has 0 saturated carbocycles. The van der Waals surface area contributed by atoms with E-state index < -0.39 is 21.6 Å². The van der Waals surface area contributed by atoms with E-state index in [4.69, 9.17) is 5.11 Å². The fourth-order valence-electron chi connectivity index (χ4n) is 1.15. The van der Waals surface area contributed by atoms with Crippen molar-refractivity contribution in [1.29, 1.82) is 0 Å². The van der Waals surface area contributed by atoms with Gasteiger partial charge in [0.15, 0.2) is 9.84 Å². The lowest BCUT2D eigenvalue weighted by molar-refractivity contribution is -0.134. The van der Waals surface area contributed by atoms with Gasteiger partial charge in [0.05, 0.1) is 5.75 Å². The molecule has 1 aromatic heterocycles. The van der Waals surface area contributed by atoms with Gasteiger partial charge in [0.1, 0.15) is 5.75 Å². The highest BCUT2D eigenvalue weighted by Gasteiger charge is 2.17. The largest absolute Gasteiger partial charge is 0.480 e. The number of hydrogen-bond acceptors (Lipinski definition) is 4. The highest BCUT2D eigenvalue weighted by atomic mass is 32.2. The van der Waals surface area contributed by atoms with Gasteiger partial charge in [-0.05, 0) is 18.6 Å². The predicted molar refractivity (Wildman–Crippen MR) is 58.8 cm³/mol. The van der Waals surface area contributed by atoms with Gasteiger partial charge in [0.25, 0.3) is 0 Å². The van der Waals surface area contributed by atoms with Crippen molar-refractivity contribution >= 4 is 27.1 Å². The van der Waals surface area contributed by atoms with E-state index in [1.807, 2.05) is 13.0 Å². The monoisotopic (exact) mass is 248 g/mol. The van der Waals surface area contributed by atoms with Crippen LogP contribution in [0.15, 0.2) is 12.1 Å². The Balaban J connectivity index is 2.73. The van der Waals surface area contributed by atoms with Crippen LogP contribution in [0.25, 0.3) is 0 Å². The Morgan fingerprint density at radius 1 is 1.40 bits per heavy atom. The van der Waals surface area contributed by atoms with E-state index >= 15 is 0 Å². The summed E-state index contributed by atoms with van der Waals surface area (Å²) in [6, 6.07) is 3.61. The molecule has 0 atom stereocenters. The second kappa shape index (κ2) is 4.76. The number of carboxylic acid groups (broad SMARTS) is 1. The van der Waals surface area contributed by atoms with Gasteiger partial charge in [-0.15, -0.1) is 11.3 Å². The molecule has 0 aliphatic carbocycles. The molecule has 0 spiro atoms. The molecule has 84 valence electrons. The van der Waals surface area contributed by atoms with Gasteiger partial charge in [0.2, 0.25) is 0 Å². The fourth-order valence-corrected chi connectivity index (χ4v) is 3.68. The van der Waals surface area contributed by atoms with Crippen LogP contribution in [0.1, 0.15) is 16.7 Å². The minimum Gasteiger partial charge on any atom is -0.480 e. The molecule has 0 unspecified atom stereocenters. The van der Waals surface area contributed by atoms with E-state index in [9.17, 15) is 13.2 Å². The normalized spacial score (nSPS) is 11.5. The summed E-state index contributed by atoms with van der Waals surface area (Å²) < 4.78 is 22.7. The predicted octanol–water partition coefficient (Wildman–Crippen LogP) is 1.31. The maximum absolute atomic E-state index is 11.3. The lowest BCUT2D eigenvalue weighted by Crippen LogP contribution is -2.16. The molecule has 1 N–H and O–H groups in total. The first-order valence-electron chi connectivity index (χ1n) is 4.43. The highest BCUT2D eigenvalue weighted by molar-refractivity contribution is 7.91.